The lowest BCUT2D eigenvalue weighted by Crippen LogP contribution is -2.30. The molecule has 0 unspecified atom stereocenters. The van der Waals surface area contributed by atoms with Crippen molar-refractivity contribution >= 4 is 17.6 Å². The number of hydrogen-bond acceptors (Lipinski definition) is 6. The number of halogens is 1. The zero-order valence-electron chi connectivity index (χ0n) is 16.8. The second-order valence-corrected chi connectivity index (χ2v) is 6.63. The predicted molar refractivity (Wildman–Crippen MR) is 107 cm³/mol. The summed E-state index contributed by atoms with van der Waals surface area (Å²) in [6.07, 6.45) is -1.10. The molecule has 3 rings (SSSR count). The topological polar surface area (TPSA) is 90.7 Å². The molecule has 156 valence electrons. The number of nitrogens with zero attached hydrogens (tertiary/aromatic N) is 1. The summed E-state index contributed by atoms with van der Waals surface area (Å²) >= 11 is 0. The molecule has 1 heterocycles. The molecule has 3 aromatic rings. The molecule has 30 heavy (non-hydrogen) atoms. The molecule has 0 saturated carbocycles. The number of rotatable bonds is 7. The van der Waals surface area contributed by atoms with Crippen LogP contribution in [0.2, 0.25) is 0 Å². The van der Waals surface area contributed by atoms with E-state index in [-0.39, 0.29) is 17.9 Å². The molecule has 1 amide bonds. The maximum Gasteiger partial charge on any atom is 0.338 e. The fourth-order valence-electron chi connectivity index (χ4n) is 2.63. The Bertz CT molecular complexity index is 1030. The number of aromatic nitrogens is 1. The summed E-state index contributed by atoms with van der Waals surface area (Å²) in [6.45, 7) is 5.34. The van der Waals surface area contributed by atoms with Gasteiger partial charge in [0.05, 0.1) is 22.5 Å². The van der Waals surface area contributed by atoms with Gasteiger partial charge < -0.3 is 19.3 Å². The van der Waals surface area contributed by atoms with Gasteiger partial charge >= 0.3 is 5.97 Å². The molecule has 1 N–H and O–H groups in total. The van der Waals surface area contributed by atoms with Crippen LogP contribution in [-0.4, -0.2) is 23.1 Å². The summed E-state index contributed by atoms with van der Waals surface area (Å²) in [5, 5.41) is 6.26. The number of hydrogen-bond donors (Lipinski definition) is 1. The number of carbonyl (C=O) groups excluding carboxylic acids is 2. The third-order valence-corrected chi connectivity index (χ3v) is 4.44. The summed E-state index contributed by atoms with van der Waals surface area (Å²) in [5.74, 6) is -0.639. The molecule has 0 fully saturated rings. The first-order valence-electron chi connectivity index (χ1n) is 9.26. The van der Waals surface area contributed by atoms with Gasteiger partial charge in [0.15, 0.2) is 6.10 Å². The molecule has 0 saturated heterocycles. The minimum atomic E-state index is -1.10. The van der Waals surface area contributed by atoms with Gasteiger partial charge in [0.1, 0.15) is 23.9 Å². The van der Waals surface area contributed by atoms with Crippen molar-refractivity contribution in [2.24, 2.45) is 0 Å². The van der Waals surface area contributed by atoms with Crippen LogP contribution >= 0.6 is 0 Å². The predicted octanol–water partition coefficient (Wildman–Crippen LogP) is 4.19. The lowest BCUT2D eigenvalue weighted by molar-refractivity contribution is -0.123. The van der Waals surface area contributed by atoms with Crippen LogP contribution in [0, 0.1) is 19.7 Å². The van der Waals surface area contributed by atoms with E-state index in [1.165, 1.54) is 37.3 Å². The number of nitrogens with one attached hydrogen (secondary N) is 1. The van der Waals surface area contributed by atoms with Crippen molar-refractivity contribution in [1.29, 1.82) is 0 Å². The Hall–Kier alpha value is -3.68. The standard InChI is InChI=1S/C22H21FN2O5/c1-13-18(14(2)30-25-13)12-28-17-10-8-16(9-11-17)22(27)29-15(3)21(26)24-20-7-5-4-6-19(20)23/h4-11,15H,12H2,1-3H3,(H,24,26)/t15-/m0/s1. The van der Waals surface area contributed by atoms with Crippen LogP contribution in [-0.2, 0) is 16.1 Å². The van der Waals surface area contributed by atoms with Crippen LogP contribution in [0.5, 0.6) is 5.75 Å². The highest BCUT2D eigenvalue weighted by molar-refractivity contribution is 5.97. The van der Waals surface area contributed by atoms with E-state index in [2.05, 4.69) is 10.5 Å². The molecular weight excluding hydrogens is 391 g/mol. The van der Waals surface area contributed by atoms with Crippen molar-refractivity contribution in [2.45, 2.75) is 33.5 Å². The first kappa shape index (κ1) is 21.0. The van der Waals surface area contributed by atoms with E-state index in [4.69, 9.17) is 14.0 Å². The lowest BCUT2D eigenvalue weighted by Gasteiger charge is -2.14. The van der Waals surface area contributed by atoms with Gasteiger partial charge in [-0.1, -0.05) is 17.3 Å². The molecular formula is C22H21FN2O5. The summed E-state index contributed by atoms with van der Waals surface area (Å²) in [7, 11) is 0. The van der Waals surface area contributed by atoms with Crippen molar-refractivity contribution in [3.05, 3.63) is 76.9 Å². The largest absolute Gasteiger partial charge is 0.489 e. The Morgan fingerprint density at radius 2 is 1.83 bits per heavy atom. The second-order valence-electron chi connectivity index (χ2n) is 6.63. The van der Waals surface area contributed by atoms with Gasteiger partial charge in [0, 0.05) is 0 Å². The van der Waals surface area contributed by atoms with Gasteiger partial charge in [-0.15, -0.1) is 0 Å². The zero-order chi connectivity index (χ0) is 21.7. The van der Waals surface area contributed by atoms with E-state index >= 15 is 0 Å². The Kier molecular flexibility index (Phi) is 6.46. The number of amides is 1. The number of ether oxygens (including phenoxy) is 2. The van der Waals surface area contributed by atoms with E-state index in [0.717, 1.165) is 11.3 Å². The molecule has 0 aliphatic rings. The quantitative estimate of drug-likeness (QED) is 0.585. The van der Waals surface area contributed by atoms with Crippen LogP contribution in [0.25, 0.3) is 0 Å². The molecule has 1 atom stereocenters. The highest BCUT2D eigenvalue weighted by atomic mass is 19.1. The third kappa shape index (κ3) is 5.02. The van der Waals surface area contributed by atoms with Gasteiger partial charge in [-0.2, -0.15) is 0 Å². The molecule has 0 bridgehead atoms. The number of carbonyl (C=O) groups is 2. The van der Waals surface area contributed by atoms with Gasteiger partial charge in [-0.3, -0.25) is 4.79 Å². The minimum Gasteiger partial charge on any atom is -0.489 e. The fraction of sp³-hybridized carbons (Fsp3) is 0.227. The number of benzene rings is 2. The van der Waals surface area contributed by atoms with E-state index in [1.807, 2.05) is 6.92 Å². The van der Waals surface area contributed by atoms with Gasteiger partial charge in [-0.25, -0.2) is 9.18 Å². The zero-order valence-corrected chi connectivity index (χ0v) is 16.8. The Balaban J connectivity index is 1.55. The molecule has 0 aliphatic heterocycles. The van der Waals surface area contributed by atoms with E-state index < -0.39 is 23.8 Å². The normalized spacial score (nSPS) is 11.6. The van der Waals surface area contributed by atoms with Crippen molar-refractivity contribution in [3.8, 4) is 5.75 Å². The Morgan fingerprint density at radius 1 is 1.13 bits per heavy atom. The highest BCUT2D eigenvalue weighted by Gasteiger charge is 2.20. The number of aryl methyl sites for hydroxylation is 2. The monoisotopic (exact) mass is 412 g/mol. The highest BCUT2D eigenvalue weighted by Crippen LogP contribution is 2.19. The van der Waals surface area contributed by atoms with Gasteiger partial charge in [0.25, 0.3) is 5.91 Å². The SMILES string of the molecule is Cc1noc(C)c1COc1ccc(C(=O)O[C@@H](C)C(=O)Nc2ccccc2F)cc1. The van der Waals surface area contributed by atoms with Crippen LogP contribution < -0.4 is 10.1 Å². The second kappa shape index (κ2) is 9.21. The Labute approximate surface area is 172 Å². The molecule has 7 nitrogen and oxygen atoms in total. The first-order valence-corrected chi connectivity index (χ1v) is 9.26. The van der Waals surface area contributed by atoms with E-state index in [0.29, 0.717) is 11.5 Å². The lowest BCUT2D eigenvalue weighted by atomic mass is 10.2. The minimum absolute atomic E-state index is 0.0187. The number of anilines is 1. The van der Waals surface area contributed by atoms with Crippen molar-refractivity contribution < 1.29 is 28.0 Å². The molecule has 0 radical (unpaired) electrons. The summed E-state index contributed by atoms with van der Waals surface area (Å²) in [6, 6.07) is 12.1. The van der Waals surface area contributed by atoms with Crippen LogP contribution in [0.1, 0.15) is 34.3 Å². The smallest absolute Gasteiger partial charge is 0.338 e. The molecule has 2 aromatic carbocycles. The van der Waals surface area contributed by atoms with E-state index in [1.54, 1.807) is 25.1 Å². The Morgan fingerprint density at radius 3 is 2.47 bits per heavy atom. The average molecular weight is 412 g/mol. The van der Waals surface area contributed by atoms with Gasteiger partial charge in [-0.05, 0) is 57.2 Å². The number of esters is 1. The van der Waals surface area contributed by atoms with Gasteiger partial charge in [0.2, 0.25) is 0 Å². The summed E-state index contributed by atoms with van der Waals surface area (Å²) in [4.78, 5) is 24.4. The maximum atomic E-state index is 13.6. The molecule has 8 heteroatoms. The first-order chi connectivity index (χ1) is 14.3. The van der Waals surface area contributed by atoms with Crippen molar-refractivity contribution in [2.75, 3.05) is 5.32 Å². The van der Waals surface area contributed by atoms with Crippen molar-refractivity contribution in [1.82, 2.24) is 5.16 Å². The van der Waals surface area contributed by atoms with Crippen molar-refractivity contribution in [3.63, 3.8) is 0 Å². The summed E-state index contributed by atoms with van der Waals surface area (Å²) in [5.41, 5.74) is 1.90. The average Bonchev–Trinajstić information content (AvgIpc) is 3.05. The summed E-state index contributed by atoms with van der Waals surface area (Å²) < 4.78 is 29.6. The fourth-order valence-corrected chi connectivity index (χ4v) is 2.63. The maximum absolute atomic E-state index is 13.6. The number of para-hydroxylation sites is 1. The molecule has 0 aliphatic carbocycles. The van der Waals surface area contributed by atoms with Crippen LogP contribution in [0.4, 0.5) is 10.1 Å². The van der Waals surface area contributed by atoms with Crippen LogP contribution in [0.15, 0.2) is 53.1 Å². The molecule has 0 spiro atoms. The molecule has 1 aromatic heterocycles. The third-order valence-electron chi connectivity index (χ3n) is 4.44. The van der Waals surface area contributed by atoms with Crippen LogP contribution in [0.3, 0.4) is 0 Å². The van der Waals surface area contributed by atoms with E-state index in [9.17, 15) is 14.0 Å².